The molecule has 0 spiro atoms. The van der Waals surface area contributed by atoms with Gasteiger partial charge in [-0.25, -0.2) is 13.1 Å². The lowest BCUT2D eigenvalue weighted by Gasteiger charge is -2.12. The van der Waals surface area contributed by atoms with Gasteiger partial charge in [-0.3, -0.25) is 4.79 Å². The number of benzene rings is 1. The van der Waals surface area contributed by atoms with Crippen molar-refractivity contribution in [3.63, 3.8) is 0 Å². The fourth-order valence-corrected chi connectivity index (χ4v) is 4.80. The SMILES string of the molecule is O=C(c1cc(-c2cc(Cl)cc(OCC(F)(F)F)c2)n(C2=CC=C=[N+]=C2)n1)N1CCS(=O)(=O)C1. The molecule has 172 valence electrons. The van der Waals surface area contributed by atoms with Crippen LogP contribution in [0.15, 0.2) is 36.4 Å². The predicted octanol–water partition coefficient (Wildman–Crippen LogP) is 2.19. The number of allylic oxidation sites excluding steroid dienone is 3. The number of rotatable bonds is 5. The van der Waals surface area contributed by atoms with Gasteiger partial charge in [-0.2, -0.15) is 18.3 Å². The third-order valence-electron chi connectivity index (χ3n) is 4.65. The van der Waals surface area contributed by atoms with Gasteiger partial charge in [0.05, 0.1) is 17.5 Å². The van der Waals surface area contributed by atoms with Gasteiger partial charge in [0.15, 0.2) is 22.1 Å². The Morgan fingerprint density at radius 1 is 1.27 bits per heavy atom. The van der Waals surface area contributed by atoms with E-state index in [1.807, 2.05) is 0 Å². The third-order valence-corrected chi connectivity index (χ3v) is 6.38. The molecule has 0 bridgehead atoms. The Bertz CT molecular complexity index is 1370. The molecule has 0 atom stereocenters. The van der Waals surface area contributed by atoms with Gasteiger partial charge in [0.2, 0.25) is 0 Å². The Morgan fingerprint density at radius 3 is 2.70 bits per heavy atom. The molecule has 0 radical (unpaired) electrons. The highest BCUT2D eigenvalue weighted by molar-refractivity contribution is 7.91. The summed E-state index contributed by atoms with van der Waals surface area (Å²) in [6.07, 6.45) is 0.0254. The first kappa shape index (κ1) is 22.9. The van der Waals surface area contributed by atoms with E-state index in [1.165, 1.54) is 46.1 Å². The van der Waals surface area contributed by atoms with Crippen molar-refractivity contribution < 1.29 is 31.1 Å². The van der Waals surface area contributed by atoms with Crippen LogP contribution >= 0.6 is 11.6 Å². The highest BCUT2D eigenvalue weighted by Gasteiger charge is 2.32. The summed E-state index contributed by atoms with van der Waals surface area (Å²) in [6, 6.07) is 5.45. The zero-order valence-electron chi connectivity index (χ0n) is 16.7. The molecule has 1 fully saturated rings. The Balaban J connectivity index is 1.75. The summed E-state index contributed by atoms with van der Waals surface area (Å²) in [7, 11) is -3.36. The largest absolute Gasteiger partial charge is 0.484 e. The Morgan fingerprint density at radius 2 is 2.06 bits per heavy atom. The Kier molecular flexibility index (Phi) is 5.94. The van der Waals surface area contributed by atoms with Crippen molar-refractivity contribution in [3.8, 4) is 17.0 Å². The molecule has 0 aliphatic carbocycles. The second-order valence-corrected chi connectivity index (χ2v) is 9.79. The monoisotopic (exact) mass is 499 g/mol. The number of ether oxygens (including phenoxy) is 1. The van der Waals surface area contributed by atoms with Crippen LogP contribution in [0.2, 0.25) is 5.02 Å². The smallest absolute Gasteiger partial charge is 0.422 e. The molecule has 2 aliphatic rings. The van der Waals surface area contributed by atoms with Crippen molar-refractivity contribution in [2.75, 3.05) is 24.8 Å². The van der Waals surface area contributed by atoms with Crippen molar-refractivity contribution >= 4 is 45.1 Å². The van der Waals surface area contributed by atoms with E-state index in [4.69, 9.17) is 16.3 Å². The van der Waals surface area contributed by atoms with Crippen molar-refractivity contribution in [3.05, 3.63) is 47.1 Å². The first-order chi connectivity index (χ1) is 15.5. The van der Waals surface area contributed by atoms with Crippen LogP contribution in [0.1, 0.15) is 10.5 Å². The zero-order valence-corrected chi connectivity index (χ0v) is 18.3. The summed E-state index contributed by atoms with van der Waals surface area (Å²) in [5, 5.41) is 4.41. The van der Waals surface area contributed by atoms with Crippen molar-refractivity contribution in [2.24, 2.45) is 0 Å². The fourth-order valence-electron chi connectivity index (χ4n) is 3.22. The molecular weight excluding hydrogens is 485 g/mol. The highest BCUT2D eigenvalue weighted by Crippen LogP contribution is 2.32. The van der Waals surface area contributed by atoms with Gasteiger partial charge in [0.1, 0.15) is 17.3 Å². The molecule has 1 saturated heterocycles. The van der Waals surface area contributed by atoms with Gasteiger partial charge >= 0.3 is 18.3 Å². The quantitative estimate of drug-likeness (QED) is 0.588. The Hall–Kier alpha value is -3.30. The number of amides is 1. The molecule has 1 amide bonds. The summed E-state index contributed by atoms with van der Waals surface area (Å²) >= 11 is 6.10. The zero-order chi connectivity index (χ0) is 23.8. The minimum Gasteiger partial charge on any atom is -0.484 e. The lowest BCUT2D eigenvalue weighted by Crippen LogP contribution is -2.29. The van der Waals surface area contributed by atoms with Crippen molar-refractivity contribution in [1.82, 2.24) is 19.3 Å². The molecule has 0 saturated carbocycles. The number of hydrogen-bond acceptors (Lipinski definition) is 5. The van der Waals surface area contributed by atoms with Crippen LogP contribution in [0.4, 0.5) is 13.2 Å². The van der Waals surface area contributed by atoms with E-state index in [-0.39, 0.29) is 28.8 Å². The van der Waals surface area contributed by atoms with Gasteiger partial charge < -0.3 is 9.64 Å². The maximum absolute atomic E-state index is 12.9. The molecule has 1 aromatic carbocycles. The van der Waals surface area contributed by atoms with Crippen LogP contribution in [0, 0.1) is 0 Å². The summed E-state index contributed by atoms with van der Waals surface area (Å²) in [5.41, 5.74) is 1.03. The number of nitrogens with zero attached hydrogens (tertiary/aromatic N) is 4. The van der Waals surface area contributed by atoms with Gasteiger partial charge in [-0.05, 0) is 35.0 Å². The minimum absolute atomic E-state index is 0.0395. The number of hydrogen-bond donors (Lipinski definition) is 0. The van der Waals surface area contributed by atoms with Gasteiger partial charge in [0, 0.05) is 17.1 Å². The summed E-state index contributed by atoms with van der Waals surface area (Å²) < 4.78 is 71.3. The van der Waals surface area contributed by atoms with Gasteiger partial charge in [-0.15, -0.1) is 0 Å². The number of alkyl halides is 3. The van der Waals surface area contributed by atoms with E-state index in [2.05, 4.69) is 15.6 Å². The molecule has 13 heteroatoms. The number of aromatic nitrogens is 2. The maximum atomic E-state index is 12.9. The van der Waals surface area contributed by atoms with Crippen LogP contribution < -0.4 is 9.40 Å². The molecule has 0 unspecified atom stereocenters. The number of carbonyl (C=O) groups is 1. The maximum Gasteiger partial charge on any atom is 0.422 e. The second-order valence-electron chi connectivity index (χ2n) is 7.20. The molecule has 1 aromatic heterocycles. The standard InChI is InChI=1S/C20H15ClF3N4O4S/c21-14-6-13(7-16(8-14)32-11-20(22,23)24)18-9-17(19(29)27-4-5-33(30,31)12-27)26-28(18)15-2-1-3-25-10-15/h1-2,6-10H,4-5,11-12H2/q+1. The van der Waals surface area contributed by atoms with E-state index < -0.39 is 34.4 Å². The highest BCUT2D eigenvalue weighted by atomic mass is 35.5. The topological polar surface area (TPSA) is 95.6 Å². The first-order valence-corrected chi connectivity index (χ1v) is 11.6. The molecule has 0 N–H and O–H groups in total. The molecule has 2 aromatic rings. The fraction of sp³-hybridized carbons (Fsp3) is 0.250. The van der Waals surface area contributed by atoms with E-state index in [9.17, 15) is 26.4 Å². The van der Waals surface area contributed by atoms with E-state index in [0.717, 1.165) is 0 Å². The van der Waals surface area contributed by atoms with Crippen LogP contribution in [0.3, 0.4) is 0 Å². The lowest BCUT2D eigenvalue weighted by molar-refractivity contribution is -0.153. The summed E-state index contributed by atoms with van der Waals surface area (Å²) in [4.78, 5) is 14.1. The lowest BCUT2D eigenvalue weighted by atomic mass is 10.1. The van der Waals surface area contributed by atoms with E-state index in [1.54, 1.807) is 6.08 Å². The number of sulfone groups is 1. The van der Waals surface area contributed by atoms with Crippen LogP contribution in [-0.2, 0) is 9.84 Å². The van der Waals surface area contributed by atoms with Crippen molar-refractivity contribution in [2.45, 2.75) is 6.18 Å². The number of carbonyl (C=O) groups excluding carboxylic acids is 1. The predicted molar refractivity (Wildman–Crippen MR) is 116 cm³/mol. The molecule has 2 aliphatic heterocycles. The second kappa shape index (κ2) is 8.57. The number of halogens is 4. The molecule has 4 rings (SSSR count). The average Bonchev–Trinajstić information content (AvgIpc) is 3.35. The van der Waals surface area contributed by atoms with E-state index >= 15 is 0 Å². The minimum atomic E-state index is -4.54. The average molecular weight is 500 g/mol. The third kappa shape index (κ3) is 5.37. The molecule has 33 heavy (non-hydrogen) atoms. The van der Waals surface area contributed by atoms with E-state index in [0.29, 0.717) is 17.0 Å². The van der Waals surface area contributed by atoms with Crippen LogP contribution in [0.5, 0.6) is 5.75 Å². The van der Waals surface area contributed by atoms with Crippen molar-refractivity contribution in [1.29, 1.82) is 0 Å². The summed E-state index contributed by atoms with van der Waals surface area (Å²) in [5.74, 6) is 1.34. The molecular formula is C20H15ClF3N4O4S+. The molecule has 8 nitrogen and oxygen atoms in total. The van der Waals surface area contributed by atoms with Crippen LogP contribution in [0.25, 0.3) is 17.0 Å². The normalized spacial score (nSPS) is 16.8. The summed E-state index contributed by atoms with van der Waals surface area (Å²) in [6.45, 7) is -1.46. The molecule has 3 heterocycles. The van der Waals surface area contributed by atoms with Gasteiger partial charge in [-0.1, -0.05) is 11.6 Å². The van der Waals surface area contributed by atoms with Crippen LogP contribution in [-0.4, -0.2) is 72.0 Å². The Labute approximate surface area is 190 Å². The van der Waals surface area contributed by atoms with Gasteiger partial charge in [0.25, 0.3) is 5.91 Å². The first-order valence-electron chi connectivity index (χ1n) is 9.43.